The van der Waals surface area contributed by atoms with E-state index in [2.05, 4.69) is 78.3 Å². The van der Waals surface area contributed by atoms with E-state index in [4.69, 9.17) is 0 Å². The first-order valence-electron chi connectivity index (χ1n) is 15.8. The van der Waals surface area contributed by atoms with Gasteiger partial charge in [-0.2, -0.15) is 0 Å². The highest BCUT2D eigenvalue weighted by Gasteiger charge is 2.19. The Morgan fingerprint density at radius 3 is 2.00 bits per heavy atom. The predicted molar refractivity (Wildman–Crippen MR) is 182 cm³/mol. The molecule has 0 spiro atoms. The number of aliphatic carboxylic acids is 1. The van der Waals surface area contributed by atoms with Crippen molar-refractivity contribution < 1.29 is 19.5 Å². The van der Waals surface area contributed by atoms with Crippen molar-refractivity contribution in [2.24, 2.45) is 0 Å². The third kappa shape index (κ3) is 23.4. The van der Waals surface area contributed by atoms with Crippen LogP contribution >= 0.6 is 21.6 Å². The fourth-order valence-corrected chi connectivity index (χ4v) is 7.31. The number of nitrogens with one attached hydrogen (secondary N) is 2. The monoisotopic (exact) mass is 618 g/mol. The molecule has 0 aromatic carbocycles. The average molecular weight is 619 g/mol. The molecule has 2 atom stereocenters. The van der Waals surface area contributed by atoms with E-state index in [1.165, 1.54) is 18.6 Å². The minimum Gasteiger partial charge on any atom is -0.480 e. The molecule has 0 saturated carbocycles. The molecular weight excluding hydrogens is 565 g/mol. The standard InChI is InChI=1S/C34H54N2O4S2/c1-2-3-4-5-6-7-8-9-10-11-12-13-14-15-16-17-18-26-33(38)36-31(34(39)40)24-21-22-28-35-32(37)25-20-19-23-30-27-29-41-42-30/h3-4,6-7,9-10,12-13,15-16,30-31H,2,5,8,11,14,17-29H2,1H3,(H,35,37)(H,36,38)(H,39,40). The molecule has 0 bridgehead atoms. The van der Waals surface area contributed by atoms with Crippen molar-refractivity contribution in [2.75, 3.05) is 12.3 Å². The summed E-state index contributed by atoms with van der Waals surface area (Å²) in [5, 5.41) is 15.8. The lowest BCUT2D eigenvalue weighted by molar-refractivity contribution is -0.142. The van der Waals surface area contributed by atoms with Gasteiger partial charge >= 0.3 is 5.97 Å². The van der Waals surface area contributed by atoms with Gasteiger partial charge in [-0.05, 0) is 83.5 Å². The molecule has 236 valence electrons. The Morgan fingerprint density at radius 2 is 1.40 bits per heavy atom. The van der Waals surface area contributed by atoms with Crippen molar-refractivity contribution in [3.8, 4) is 0 Å². The first kappa shape index (κ1) is 37.8. The Kier molecular flexibility index (Phi) is 24.9. The van der Waals surface area contributed by atoms with Crippen molar-refractivity contribution in [2.45, 2.75) is 121 Å². The van der Waals surface area contributed by atoms with E-state index in [0.717, 1.165) is 56.6 Å². The normalized spacial score (nSPS) is 16.5. The molecule has 6 nitrogen and oxygen atoms in total. The van der Waals surface area contributed by atoms with Gasteiger partial charge in [-0.25, -0.2) is 4.79 Å². The minimum absolute atomic E-state index is 0.0686. The van der Waals surface area contributed by atoms with Crippen LogP contribution in [0.5, 0.6) is 0 Å². The minimum atomic E-state index is -1.01. The van der Waals surface area contributed by atoms with Gasteiger partial charge in [-0.3, -0.25) is 9.59 Å². The Hall–Kier alpha value is -2.19. The zero-order valence-corrected chi connectivity index (χ0v) is 27.3. The number of unbranched alkanes of at least 4 members (excludes halogenated alkanes) is 3. The molecule has 2 amide bonds. The summed E-state index contributed by atoms with van der Waals surface area (Å²) < 4.78 is 0. The maximum atomic E-state index is 12.2. The zero-order chi connectivity index (χ0) is 30.5. The fourth-order valence-electron chi connectivity index (χ4n) is 4.28. The highest BCUT2D eigenvalue weighted by atomic mass is 33.1. The lowest BCUT2D eigenvalue weighted by Crippen LogP contribution is -2.40. The third-order valence-corrected chi connectivity index (χ3v) is 9.72. The summed E-state index contributed by atoms with van der Waals surface area (Å²) in [4.78, 5) is 35.8. The van der Waals surface area contributed by atoms with Crippen molar-refractivity contribution in [3.05, 3.63) is 60.8 Å². The number of carbonyl (C=O) groups excluding carboxylic acids is 2. The van der Waals surface area contributed by atoms with Crippen LogP contribution in [0.15, 0.2) is 60.8 Å². The number of rotatable bonds is 25. The van der Waals surface area contributed by atoms with Crippen LogP contribution in [-0.2, 0) is 14.4 Å². The fraction of sp³-hybridized carbons (Fsp3) is 0.618. The molecule has 3 N–H and O–H groups in total. The van der Waals surface area contributed by atoms with Gasteiger partial charge < -0.3 is 15.7 Å². The van der Waals surface area contributed by atoms with E-state index >= 15 is 0 Å². The first-order chi connectivity index (χ1) is 20.5. The predicted octanol–water partition coefficient (Wildman–Crippen LogP) is 8.48. The van der Waals surface area contributed by atoms with Gasteiger partial charge in [0, 0.05) is 30.4 Å². The molecule has 0 aromatic heterocycles. The Labute approximate surface area is 262 Å². The number of allylic oxidation sites excluding steroid dienone is 10. The molecular formula is C34H54N2O4S2. The van der Waals surface area contributed by atoms with E-state index in [-0.39, 0.29) is 11.8 Å². The molecule has 0 aromatic rings. The van der Waals surface area contributed by atoms with Crippen LogP contribution in [0.2, 0.25) is 0 Å². The molecule has 0 radical (unpaired) electrons. The quantitative estimate of drug-likeness (QED) is 0.0540. The lowest BCUT2D eigenvalue weighted by Gasteiger charge is -2.14. The number of carbonyl (C=O) groups is 3. The molecule has 0 aliphatic carbocycles. The second-order valence-electron chi connectivity index (χ2n) is 10.5. The maximum absolute atomic E-state index is 12.2. The van der Waals surface area contributed by atoms with Crippen LogP contribution < -0.4 is 10.6 Å². The molecule has 1 rings (SSSR count). The zero-order valence-electron chi connectivity index (χ0n) is 25.6. The van der Waals surface area contributed by atoms with E-state index < -0.39 is 12.0 Å². The molecule has 1 aliphatic heterocycles. The Balaban J connectivity index is 2.03. The van der Waals surface area contributed by atoms with Gasteiger partial charge in [0.2, 0.25) is 11.8 Å². The number of amides is 2. The number of carboxylic acids is 1. The number of hydrogen-bond acceptors (Lipinski definition) is 5. The van der Waals surface area contributed by atoms with E-state index in [0.29, 0.717) is 45.1 Å². The molecule has 8 heteroatoms. The summed E-state index contributed by atoms with van der Waals surface area (Å²) in [6.07, 6.45) is 34.9. The highest BCUT2D eigenvalue weighted by Crippen LogP contribution is 2.39. The van der Waals surface area contributed by atoms with Crippen LogP contribution in [0.4, 0.5) is 0 Å². The number of hydrogen-bond donors (Lipinski definition) is 3. The van der Waals surface area contributed by atoms with Crippen LogP contribution in [0.25, 0.3) is 0 Å². The summed E-state index contributed by atoms with van der Waals surface area (Å²) in [6.45, 7) is 2.68. The highest BCUT2D eigenvalue weighted by molar-refractivity contribution is 8.77. The van der Waals surface area contributed by atoms with Gasteiger partial charge in [0.25, 0.3) is 0 Å². The summed E-state index contributed by atoms with van der Waals surface area (Å²) in [6, 6.07) is -0.881. The van der Waals surface area contributed by atoms with Gasteiger partial charge in [0.1, 0.15) is 6.04 Å². The Morgan fingerprint density at radius 1 is 0.786 bits per heavy atom. The summed E-state index contributed by atoms with van der Waals surface area (Å²) in [5.74, 6) is 0.0781. The van der Waals surface area contributed by atoms with Gasteiger partial charge in [0.05, 0.1) is 0 Å². The SMILES string of the molecule is CCC=CCC=CCC=CCC=CCC=CCCCC(=O)NC(CCCCNC(=O)CCCCC1CCSS1)C(=O)O. The molecule has 1 heterocycles. The number of carboxylic acid groups (broad SMARTS) is 1. The summed E-state index contributed by atoms with van der Waals surface area (Å²) in [7, 11) is 3.93. The van der Waals surface area contributed by atoms with Crippen LogP contribution in [-0.4, -0.2) is 46.5 Å². The van der Waals surface area contributed by atoms with Crippen LogP contribution in [0.1, 0.15) is 110 Å². The van der Waals surface area contributed by atoms with E-state index in [1.54, 1.807) is 0 Å². The van der Waals surface area contributed by atoms with Crippen molar-refractivity contribution in [3.63, 3.8) is 0 Å². The molecule has 1 aliphatic rings. The van der Waals surface area contributed by atoms with Crippen molar-refractivity contribution in [1.29, 1.82) is 0 Å². The largest absolute Gasteiger partial charge is 0.480 e. The van der Waals surface area contributed by atoms with Gasteiger partial charge in [-0.15, -0.1) is 0 Å². The molecule has 1 fully saturated rings. The van der Waals surface area contributed by atoms with E-state index in [1.807, 2.05) is 21.6 Å². The molecule has 2 unspecified atom stereocenters. The van der Waals surface area contributed by atoms with Gasteiger partial charge in [0.15, 0.2) is 0 Å². The van der Waals surface area contributed by atoms with Crippen LogP contribution in [0, 0.1) is 0 Å². The van der Waals surface area contributed by atoms with Crippen molar-refractivity contribution in [1.82, 2.24) is 10.6 Å². The lowest BCUT2D eigenvalue weighted by atomic mass is 10.1. The topological polar surface area (TPSA) is 95.5 Å². The molecule has 1 saturated heterocycles. The first-order valence-corrected chi connectivity index (χ1v) is 18.2. The summed E-state index contributed by atoms with van der Waals surface area (Å²) in [5.41, 5.74) is 0. The van der Waals surface area contributed by atoms with Gasteiger partial charge in [-0.1, -0.05) is 95.7 Å². The maximum Gasteiger partial charge on any atom is 0.326 e. The Bertz CT molecular complexity index is 877. The van der Waals surface area contributed by atoms with Crippen molar-refractivity contribution >= 4 is 39.4 Å². The average Bonchev–Trinajstić information content (AvgIpc) is 3.49. The second kappa shape index (κ2) is 27.6. The summed E-state index contributed by atoms with van der Waals surface area (Å²) >= 11 is 0. The van der Waals surface area contributed by atoms with Crippen LogP contribution in [0.3, 0.4) is 0 Å². The smallest absolute Gasteiger partial charge is 0.326 e. The van der Waals surface area contributed by atoms with E-state index in [9.17, 15) is 19.5 Å². The second-order valence-corrected chi connectivity index (χ2v) is 13.3. The third-order valence-electron chi connectivity index (χ3n) is 6.71. The molecule has 42 heavy (non-hydrogen) atoms.